The number of methoxy groups -OCH3 is 2. The molecule has 0 aromatic heterocycles. The second-order valence-electron chi connectivity index (χ2n) is 3.70. The van der Waals surface area contributed by atoms with Gasteiger partial charge in [0.15, 0.2) is 6.29 Å². The average Bonchev–Trinajstić information content (AvgIpc) is 2.39. The van der Waals surface area contributed by atoms with Crippen molar-refractivity contribution in [2.45, 2.75) is 11.2 Å². The molecule has 112 valence electrons. The SMILES string of the molecule is COC(CNS(=O)(=O)c1cc(C(=O)O)ccc1F)OC. The molecule has 0 radical (unpaired) electrons. The van der Waals surface area contributed by atoms with E-state index in [-0.39, 0.29) is 12.1 Å². The van der Waals surface area contributed by atoms with Crippen LogP contribution in [0.1, 0.15) is 10.4 Å². The summed E-state index contributed by atoms with van der Waals surface area (Å²) < 4.78 is 49.0. The van der Waals surface area contributed by atoms with Crippen LogP contribution in [-0.4, -0.2) is 46.5 Å². The summed E-state index contributed by atoms with van der Waals surface area (Å²) >= 11 is 0. The predicted octanol–water partition coefficient (Wildman–Crippen LogP) is 0.421. The molecule has 0 aliphatic carbocycles. The number of hydrogen-bond acceptors (Lipinski definition) is 5. The molecule has 0 bridgehead atoms. The van der Waals surface area contributed by atoms with Crippen molar-refractivity contribution in [1.29, 1.82) is 0 Å². The van der Waals surface area contributed by atoms with Gasteiger partial charge in [-0.25, -0.2) is 22.3 Å². The monoisotopic (exact) mass is 307 g/mol. The van der Waals surface area contributed by atoms with E-state index in [0.29, 0.717) is 0 Å². The van der Waals surface area contributed by atoms with Crippen LogP contribution in [0.4, 0.5) is 4.39 Å². The first-order valence-electron chi connectivity index (χ1n) is 5.40. The molecular weight excluding hydrogens is 293 g/mol. The van der Waals surface area contributed by atoms with Crippen molar-refractivity contribution in [2.75, 3.05) is 20.8 Å². The molecule has 0 fully saturated rings. The topological polar surface area (TPSA) is 102 Å². The van der Waals surface area contributed by atoms with Crippen LogP contribution in [0.2, 0.25) is 0 Å². The molecule has 0 saturated carbocycles. The molecule has 9 heteroatoms. The molecule has 0 saturated heterocycles. The second-order valence-corrected chi connectivity index (χ2v) is 5.44. The van der Waals surface area contributed by atoms with Gasteiger partial charge >= 0.3 is 5.97 Å². The zero-order chi connectivity index (χ0) is 15.3. The zero-order valence-electron chi connectivity index (χ0n) is 10.8. The van der Waals surface area contributed by atoms with E-state index >= 15 is 0 Å². The lowest BCUT2D eigenvalue weighted by Crippen LogP contribution is -2.34. The van der Waals surface area contributed by atoms with Crippen LogP contribution in [0.5, 0.6) is 0 Å². The number of sulfonamides is 1. The first kappa shape index (κ1) is 16.5. The van der Waals surface area contributed by atoms with E-state index in [1.165, 1.54) is 14.2 Å². The highest BCUT2D eigenvalue weighted by Gasteiger charge is 2.22. The quantitative estimate of drug-likeness (QED) is 0.708. The first-order chi connectivity index (χ1) is 9.31. The summed E-state index contributed by atoms with van der Waals surface area (Å²) in [6, 6.07) is 2.50. The van der Waals surface area contributed by atoms with Gasteiger partial charge in [0.25, 0.3) is 0 Å². The maximum atomic E-state index is 13.5. The highest BCUT2D eigenvalue weighted by molar-refractivity contribution is 7.89. The lowest BCUT2D eigenvalue weighted by atomic mass is 10.2. The third kappa shape index (κ3) is 3.97. The van der Waals surface area contributed by atoms with Gasteiger partial charge in [0.05, 0.1) is 12.1 Å². The van der Waals surface area contributed by atoms with Gasteiger partial charge in [-0.1, -0.05) is 0 Å². The Morgan fingerprint density at radius 2 is 2.00 bits per heavy atom. The maximum absolute atomic E-state index is 13.5. The number of benzene rings is 1. The number of hydrogen-bond donors (Lipinski definition) is 2. The van der Waals surface area contributed by atoms with Crippen LogP contribution in [0.3, 0.4) is 0 Å². The summed E-state index contributed by atoms with van der Waals surface area (Å²) in [7, 11) is -1.58. The Hall–Kier alpha value is -1.55. The Balaban J connectivity index is 3.03. The summed E-state index contributed by atoms with van der Waals surface area (Å²) in [5.74, 6) is -2.40. The molecule has 0 heterocycles. The lowest BCUT2D eigenvalue weighted by Gasteiger charge is -2.14. The Kier molecular flexibility index (Phi) is 5.57. The molecule has 1 aromatic carbocycles. The molecule has 0 aliphatic rings. The Labute approximate surface area is 115 Å². The molecular formula is C11H14FNO6S. The number of carboxylic acids is 1. The number of halogens is 1. The Morgan fingerprint density at radius 1 is 1.40 bits per heavy atom. The molecule has 0 amide bonds. The molecule has 7 nitrogen and oxygen atoms in total. The van der Waals surface area contributed by atoms with Gasteiger partial charge in [-0.3, -0.25) is 0 Å². The fraction of sp³-hybridized carbons (Fsp3) is 0.364. The van der Waals surface area contributed by atoms with Crippen molar-refractivity contribution < 1.29 is 32.2 Å². The lowest BCUT2D eigenvalue weighted by molar-refractivity contribution is -0.0960. The highest BCUT2D eigenvalue weighted by Crippen LogP contribution is 2.16. The third-order valence-corrected chi connectivity index (χ3v) is 3.87. The zero-order valence-corrected chi connectivity index (χ0v) is 11.6. The van der Waals surface area contributed by atoms with Gasteiger partial charge in [-0.2, -0.15) is 0 Å². The molecule has 0 unspecified atom stereocenters. The fourth-order valence-electron chi connectivity index (χ4n) is 1.36. The molecule has 0 atom stereocenters. The van der Waals surface area contributed by atoms with Gasteiger partial charge in [0, 0.05) is 14.2 Å². The molecule has 1 aromatic rings. The fourth-order valence-corrected chi connectivity index (χ4v) is 2.48. The van der Waals surface area contributed by atoms with Crippen molar-refractivity contribution in [1.82, 2.24) is 4.72 Å². The van der Waals surface area contributed by atoms with Gasteiger partial charge in [0.2, 0.25) is 10.0 Å². The predicted molar refractivity (Wildman–Crippen MR) is 66.4 cm³/mol. The van der Waals surface area contributed by atoms with Crippen molar-refractivity contribution in [3.05, 3.63) is 29.6 Å². The normalized spacial score (nSPS) is 11.8. The van der Waals surface area contributed by atoms with Crippen molar-refractivity contribution in [2.24, 2.45) is 0 Å². The van der Waals surface area contributed by atoms with E-state index in [4.69, 9.17) is 14.6 Å². The van der Waals surface area contributed by atoms with Crippen LogP contribution >= 0.6 is 0 Å². The van der Waals surface area contributed by atoms with Crippen LogP contribution in [0.15, 0.2) is 23.1 Å². The van der Waals surface area contributed by atoms with Crippen LogP contribution < -0.4 is 4.72 Å². The van der Waals surface area contributed by atoms with E-state index in [0.717, 1.165) is 18.2 Å². The van der Waals surface area contributed by atoms with Gasteiger partial charge in [0.1, 0.15) is 10.7 Å². The molecule has 0 aliphatic heterocycles. The van der Waals surface area contributed by atoms with E-state index in [1.807, 2.05) is 0 Å². The minimum absolute atomic E-state index is 0.244. The van der Waals surface area contributed by atoms with E-state index in [9.17, 15) is 17.6 Å². The van der Waals surface area contributed by atoms with E-state index in [1.54, 1.807) is 0 Å². The van der Waals surface area contributed by atoms with Crippen LogP contribution in [0, 0.1) is 5.82 Å². The Bertz CT molecular complexity index is 585. The van der Waals surface area contributed by atoms with Gasteiger partial charge in [-0.05, 0) is 18.2 Å². The molecule has 20 heavy (non-hydrogen) atoms. The summed E-state index contributed by atoms with van der Waals surface area (Å²) in [5, 5.41) is 8.78. The number of nitrogens with one attached hydrogen (secondary N) is 1. The summed E-state index contributed by atoms with van der Waals surface area (Å²) in [6.07, 6.45) is -0.838. The standard InChI is InChI=1S/C11H14FNO6S/c1-18-10(19-2)6-13-20(16,17)9-5-7(11(14)15)3-4-8(9)12/h3-5,10,13H,6H2,1-2H3,(H,14,15). The average molecular weight is 307 g/mol. The van der Waals surface area contributed by atoms with E-state index < -0.39 is 33.0 Å². The molecule has 1 rings (SSSR count). The smallest absolute Gasteiger partial charge is 0.335 e. The van der Waals surface area contributed by atoms with Gasteiger partial charge in [-0.15, -0.1) is 0 Å². The largest absolute Gasteiger partial charge is 0.478 e. The number of carboxylic acid groups (broad SMARTS) is 1. The van der Waals surface area contributed by atoms with E-state index in [2.05, 4.69) is 4.72 Å². The Morgan fingerprint density at radius 3 is 2.50 bits per heavy atom. The minimum atomic E-state index is -4.21. The summed E-state index contributed by atoms with van der Waals surface area (Å²) in [5.41, 5.74) is -0.332. The highest BCUT2D eigenvalue weighted by atomic mass is 32.2. The summed E-state index contributed by atoms with van der Waals surface area (Å²) in [6.45, 7) is -0.244. The number of rotatable bonds is 7. The van der Waals surface area contributed by atoms with Crippen LogP contribution in [0.25, 0.3) is 0 Å². The van der Waals surface area contributed by atoms with Crippen LogP contribution in [-0.2, 0) is 19.5 Å². The molecule has 0 spiro atoms. The minimum Gasteiger partial charge on any atom is -0.478 e. The van der Waals surface area contributed by atoms with Crippen molar-refractivity contribution in [3.63, 3.8) is 0 Å². The number of carbonyl (C=O) groups is 1. The second kappa shape index (κ2) is 6.75. The third-order valence-electron chi connectivity index (χ3n) is 2.43. The molecule has 2 N–H and O–H groups in total. The first-order valence-corrected chi connectivity index (χ1v) is 6.88. The van der Waals surface area contributed by atoms with Gasteiger partial charge < -0.3 is 14.6 Å². The van der Waals surface area contributed by atoms with Crippen molar-refractivity contribution in [3.8, 4) is 0 Å². The number of aromatic carboxylic acids is 1. The van der Waals surface area contributed by atoms with Crippen molar-refractivity contribution >= 4 is 16.0 Å². The number of ether oxygens (including phenoxy) is 2. The summed E-state index contributed by atoms with van der Waals surface area (Å²) in [4.78, 5) is 10.0. The maximum Gasteiger partial charge on any atom is 0.335 e.